The van der Waals surface area contributed by atoms with Crippen molar-refractivity contribution in [3.8, 4) is 16.9 Å². The molecule has 160 valence electrons. The molecule has 0 aliphatic carbocycles. The molecule has 0 aliphatic heterocycles. The molecule has 0 amide bonds. The van der Waals surface area contributed by atoms with Gasteiger partial charge < -0.3 is 14.9 Å². The summed E-state index contributed by atoms with van der Waals surface area (Å²) in [5, 5.41) is -1.53. The highest BCUT2D eigenvalue weighted by atomic mass is 32.2. The fraction of sp³-hybridized carbons (Fsp3) is 0.0952. The largest absolute Gasteiger partial charge is 0.398 e. The molecule has 0 unspecified atom stereocenters. The number of benzene rings is 2. The third kappa shape index (κ3) is 3.52. The minimum absolute atomic E-state index is 0.00760. The van der Waals surface area contributed by atoms with Crippen molar-refractivity contribution < 1.29 is 21.4 Å². The Morgan fingerprint density at radius 2 is 1.87 bits per heavy atom. The Hall–Kier alpha value is -3.08. The van der Waals surface area contributed by atoms with Gasteiger partial charge in [-0.3, -0.25) is 4.79 Å². The van der Waals surface area contributed by atoms with Crippen LogP contribution in [0.2, 0.25) is 0 Å². The van der Waals surface area contributed by atoms with Gasteiger partial charge in [0.05, 0.1) is 0 Å². The molecule has 31 heavy (non-hydrogen) atoms. The molecular weight excluding hydrogens is 446 g/mol. The van der Waals surface area contributed by atoms with Crippen molar-refractivity contribution in [2.75, 3.05) is 0 Å². The number of pyridine rings is 1. The lowest BCUT2D eigenvalue weighted by molar-refractivity contribution is 0.136. The Labute approximate surface area is 179 Å². The number of alkyl halides is 2. The van der Waals surface area contributed by atoms with Crippen LogP contribution in [0.1, 0.15) is 5.56 Å². The van der Waals surface area contributed by atoms with Crippen LogP contribution in [0, 0.1) is 0 Å². The highest BCUT2D eigenvalue weighted by Gasteiger charge is 2.44. The van der Waals surface area contributed by atoms with E-state index in [1.807, 2.05) is 0 Å². The maximum atomic E-state index is 13.9. The number of halogens is 2. The fourth-order valence-corrected chi connectivity index (χ4v) is 4.75. The van der Waals surface area contributed by atoms with E-state index in [1.54, 1.807) is 35.7 Å². The first-order chi connectivity index (χ1) is 14.7. The van der Waals surface area contributed by atoms with E-state index in [-0.39, 0.29) is 22.9 Å². The molecule has 2 aromatic carbocycles. The average molecular weight is 462 g/mol. The van der Waals surface area contributed by atoms with Crippen molar-refractivity contribution in [1.82, 2.24) is 4.98 Å². The molecule has 0 atom stereocenters. The summed E-state index contributed by atoms with van der Waals surface area (Å²) in [6.45, 7) is 3.17. The van der Waals surface area contributed by atoms with Gasteiger partial charge in [0.1, 0.15) is 4.70 Å². The molecule has 0 aliphatic rings. The van der Waals surface area contributed by atoms with E-state index in [2.05, 4.69) is 11.6 Å². The third-order valence-electron chi connectivity index (χ3n) is 4.80. The lowest BCUT2D eigenvalue weighted by Crippen LogP contribution is -2.30. The van der Waals surface area contributed by atoms with Crippen LogP contribution in [0.25, 0.3) is 32.1 Å². The van der Waals surface area contributed by atoms with Crippen LogP contribution in [-0.4, -0.2) is 18.7 Å². The summed E-state index contributed by atoms with van der Waals surface area (Å²) in [7, 11) is -5.36. The van der Waals surface area contributed by atoms with Gasteiger partial charge in [-0.2, -0.15) is 17.2 Å². The second-order valence-corrected chi connectivity index (χ2v) is 9.22. The number of hydrogen-bond donors (Lipinski definition) is 2. The van der Waals surface area contributed by atoms with Gasteiger partial charge in [0.2, 0.25) is 0 Å². The molecule has 0 bridgehead atoms. The minimum atomic E-state index is -5.36. The highest BCUT2D eigenvalue weighted by molar-refractivity contribution is 7.88. The van der Waals surface area contributed by atoms with Gasteiger partial charge in [-0.15, -0.1) is 11.3 Å². The third-order valence-corrected chi connectivity index (χ3v) is 6.95. The lowest BCUT2D eigenvalue weighted by Gasteiger charge is -2.18. The lowest BCUT2D eigenvalue weighted by atomic mass is 9.96. The van der Waals surface area contributed by atoms with Gasteiger partial charge in [0.25, 0.3) is 5.56 Å². The van der Waals surface area contributed by atoms with Crippen LogP contribution < -0.4 is 15.5 Å². The smallest absolute Gasteiger partial charge is 0.377 e. The molecule has 0 fully saturated rings. The van der Waals surface area contributed by atoms with Gasteiger partial charge in [-0.25, -0.2) is 0 Å². The monoisotopic (exact) mass is 462 g/mol. The molecule has 0 radical (unpaired) electrons. The predicted octanol–water partition coefficient (Wildman–Crippen LogP) is 4.36. The summed E-state index contributed by atoms with van der Waals surface area (Å²) in [5.41, 5.74) is 7.34. The van der Waals surface area contributed by atoms with E-state index in [1.165, 1.54) is 23.5 Å². The van der Waals surface area contributed by atoms with Crippen LogP contribution in [0.5, 0.6) is 5.75 Å². The number of nitrogens with two attached hydrogens (primary N) is 1. The van der Waals surface area contributed by atoms with E-state index in [0.717, 1.165) is 5.56 Å². The molecule has 6 nitrogen and oxygen atoms in total. The van der Waals surface area contributed by atoms with Crippen molar-refractivity contribution in [2.45, 2.75) is 11.8 Å². The van der Waals surface area contributed by atoms with Crippen LogP contribution >= 0.6 is 11.3 Å². The molecule has 10 heteroatoms. The van der Waals surface area contributed by atoms with Crippen molar-refractivity contribution >= 4 is 42.4 Å². The number of aromatic nitrogens is 1. The maximum absolute atomic E-state index is 13.9. The zero-order chi connectivity index (χ0) is 22.4. The maximum Gasteiger partial charge on any atom is 0.398 e. The van der Waals surface area contributed by atoms with Crippen molar-refractivity contribution in [2.24, 2.45) is 5.73 Å². The highest BCUT2D eigenvalue weighted by Crippen LogP contribution is 2.42. The number of hydrogen-bond acceptors (Lipinski definition) is 6. The van der Waals surface area contributed by atoms with Gasteiger partial charge in [-0.1, -0.05) is 30.8 Å². The van der Waals surface area contributed by atoms with Crippen molar-refractivity contribution in [1.29, 1.82) is 0 Å². The van der Waals surface area contributed by atoms with E-state index in [0.29, 0.717) is 33.1 Å². The first kappa shape index (κ1) is 21.2. The Morgan fingerprint density at radius 1 is 1.16 bits per heavy atom. The number of fused-ring (bicyclic) bond motifs is 3. The number of H-pyrrole nitrogens is 1. The molecular formula is C21H16F2N2O4S2. The van der Waals surface area contributed by atoms with Gasteiger partial charge >= 0.3 is 15.4 Å². The molecule has 0 saturated heterocycles. The summed E-state index contributed by atoms with van der Waals surface area (Å²) in [5.74, 6) is -0.297. The quantitative estimate of drug-likeness (QED) is 0.328. The summed E-state index contributed by atoms with van der Waals surface area (Å²) in [4.78, 5) is 15.1. The van der Waals surface area contributed by atoms with E-state index in [9.17, 15) is 22.0 Å². The molecule has 2 heterocycles. The van der Waals surface area contributed by atoms with Gasteiger partial charge in [0, 0.05) is 28.4 Å². The molecule has 4 aromatic rings. The Kier molecular flexibility index (Phi) is 5.16. The first-order valence-corrected chi connectivity index (χ1v) is 11.3. The first-order valence-electron chi connectivity index (χ1n) is 8.99. The SMILES string of the molecule is C=CC(F)(F)S(=O)(=O)Oc1ccc2[nH]c(=O)c3sccc3c2c1-c1ccc(CN)cc1. The normalized spacial score (nSPS) is 12.4. The standard InChI is InChI=1S/C21H16F2N2O4S2/c1-2-21(22,23)31(27,28)29-16-8-7-15-18(14-9-10-30-19(14)20(26)25-15)17(16)13-5-3-12(11-24)4-6-13/h2-10H,1,11,24H2,(H,25,26). The summed E-state index contributed by atoms with van der Waals surface area (Å²) in [6, 6.07) is 11.2. The zero-order valence-corrected chi connectivity index (χ0v) is 17.5. The molecule has 3 N–H and O–H groups in total. The summed E-state index contributed by atoms with van der Waals surface area (Å²) >= 11 is 1.21. The Bertz CT molecular complexity index is 1470. The van der Waals surface area contributed by atoms with E-state index in [4.69, 9.17) is 9.92 Å². The summed E-state index contributed by atoms with van der Waals surface area (Å²) < 4.78 is 57.6. The van der Waals surface area contributed by atoms with Crippen LogP contribution in [-0.2, 0) is 16.7 Å². The van der Waals surface area contributed by atoms with Crippen LogP contribution in [0.15, 0.2) is 65.3 Å². The number of aromatic amines is 1. The zero-order valence-electron chi connectivity index (χ0n) is 15.9. The number of rotatable bonds is 6. The number of thiophene rings is 1. The predicted molar refractivity (Wildman–Crippen MR) is 118 cm³/mol. The average Bonchev–Trinajstić information content (AvgIpc) is 3.24. The Balaban J connectivity index is 2.08. The van der Waals surface area contributed by atoms with E-state index < -0.39 is 15.4 Å². The minimum Gasteiger partial charge on any atom is -0.377 e. The second-order valence-electron chi connectivity index (χ2n) is 6.68. The topological polar surface area (TPSA) is 102 Å². The molecule has 0 spiro atoms. The fourth-order valence-electron chi connectivity index (χ4n) is 3.27. The molecule has 2 aromatic heterocycles. The Morgan fingerprint density at radius 3 is 2.52 bits per heavy atom. The summed E-state index contributed by atoms with van der Waals surface area (Å²) in [6.07, 6.45) is 0.00760. The number of nitrogens with one attached hydrogen (secondary N) is 1. The van der Waals surface area contributed by atoms with Gasteiger partial charge in [-0.05, 0) is 40.8 Å². The van der Waals surface area contributed by atoms with Crippen LogP contribution in [0.4, 0.5) is 8.78 Å². The van der Waals surface area contributed by atoms with Gasteiger partial charge in [0.15, 0.2) is 5.75 Å². The second kappa shape index (κ2) is 7.56. The molecule has 0 saturated carbocycles. The van der Waals surface area contributed by atoms with Crippen molar-refractivity contribution in [3.05, 3.63) is 76.4 Å². The van der Waals surface area contributed by atoms with E-state index >= 15 is 0 Å². The van der Waals surface area contributed by atoms with Crippen molar-refractivity contribution in [3.63, 3.8) is 0 Å². The molecule has 4 rings (SSSR count). The van der Waals surface area contributed by atoms with Crippen LogP contribution in [0.3, 0.4) is 0 Å².